The van der Waals surface area contributed by atoms with Crippen LogP contribution >= 0.6 is 11.6 Å². The van der Waals surface area contributed by atoms with Gasteiger partial charge in [0.15, 0.2) is 0 Å². The smallest absolute Gasteiger partial charge is 0.0884 e. The van der Waals surface area contributed by atoms with E-state index in [4.69, 9.17) is 16.3 Å². The molecule has 3 nitrogen and oxygen atoms in total. The second-order valence-electron chi connectivity index (χ2n) is 4.12. The second-order valence-corrected chi connectivity index (χ2v) is 4.53. The molecule has 0 saturated carbocycles. The average molecular weight is 251 g/mol. The number of rotatable bonds is 3. The molecule has 1 aromatic carbocycles. The van der Waals surface area contributed by atoms with Crippen molar-refractivity contribution in [1.29, 1.82) is 0 Å². The van der Waals surface area contributed by atoms with E-state index in [9.17, 15) is 0 Å². The van der Waals surface area contributed by atoms with Crippen LogP contribution in [0, 0.1) is 0 Å². The van der Waals surface area contributed by atoms with Crippen LogP contribution in [0.4, 0.5) is 5.69 Å². The molecule has 0 amide bonds. The van der Waals surface area contributed by atoms with Crippen LogP contribution in [0.5, 0.6) is 0 Å². The summed E-state index contributed by atoms with van der Waals surface area (Å²) in [5.41, 5.74) is 2.86. The van der Waals surface area contributed by atoms with E-state index in [2.05, 4.69) is 4.98 Å². The summed E-state index contributed by atoms with van der Waals surface area (Å²) in [6, 6.07) is 7.91. The topological polar surface area (TPSA) is 25.4 Å². The molecule has 0 spiro atoms. The molecule has 0 N–H and O–H groups in total. The van der Waals surface area contributed by atoms with Crippen molar-refractivity contribution in [2.75, 3.05) is 26.1 Å². The zero-order chi connectivity index (χ0) is 12.4. The van der Waals surface area contributed by atoms with Gasteiger partial charge in [0, 0.05) is 32.3 Å². The van der Waals surface area contributed by atoms with Gasteiger partial charge >= 0.3 is 0 Å². The van der Waals surface area contributed by atoms with Crippen LogP contribution in [0.15, 0.2) is 24.3 Å². The Morgan fingerprint density at radius 1 is 1.29 bits per heavy atom. The monoisotopic (exact) mass is 250 g/mol. The number of pyridine rings is 1. The summed E-state index contributed by atoms with van der Waals surface area (Å²) in [4.78, 5) is 6.54. The Kier molecular flexibility index (Phi) is 3.50. The van der Waals surface area contributed by atoms with E-state index < -0.39 is 0 Å². The number of hydrogen-bond acceptors (Lipinski definition) is 3. The number of hydrogen-bond donors (Lipinski definition) is 0. The number of halogens is 1. The highest BCUT2D eigenvalue weighted by atomic mass is 35.5. The third-order valence-electron chi connectivity index (χ3n) is 2.60. The molecule has 4 heteroatoms. The minimum atomic E-state index is 0.477. The second kappa shape index (κ2) is 4.90. The molecule has 0 atom stereocenters. The minimum Gasteiger partial charge on any atom is -0.378 e. The Hall–Kier alpha value is -1.32. The molecular weight excluding hydrogens is 236 g/mol. The molecule has 90 valence electrons. The highest BCUT2D eigenvalue weighted by Crippen LogP contribution is 2.27. The third-order valence-corrected chi connectivity index (χ3v) is 2.92. The van der Waals surface area contributed by atoms with Gasteiger partial charge < -0.3 is 9.64 Å². The number of ether oxygens (including phenoxy) is 1. The standard InChI is InChI=1S/C13H15ClN2O/c1-16(2)10-4-5-13-11(7-10)12(14)6-9(15-13)8-17-3/h4-7H,8H2,1-3H3. The van der Waals surface area contributed by atoms with Crippen LogP contribution in [0.3, 0.4) is 0 Å². The molecule has 1 aromatic heterocycles. The van der Waals surface area contributed by atoms with Gasteiger partial charge in [-0.15, -0.1) is 0 Å². The highest BCUT2D eigenvalue weighted by Gasteiger charge is 2.06. The highest BCUT2D eigenvalue weighted by molar-refractivity contribution is 6.35. The zero-order valence-corrected chi connectivity index (χ0v) is 11.0. The number of methoxy groups -OCH3 is 1. The molecule has 0 saturated heterocycles. The van der Waals surface area contributed by atoms with Crippen molar-refractivity contribution in [1.82, 2.24) is 4.98 Å². The van der Waals surface area contributed by atoms with Gasteiger partial charge in [0.2, 0.25) is 0 Å². The summed E-state index contributed by atoms with van der Waals surface area (Å²) >= 11 is 6.26. The molecule has 0 bridgehead atoms. The van der Waals surface area contributed by atoms with Gasteiger partial charge in [0.05, 0.1) is 22.8 Å². The maximum Gasteiger partial charge on any atom is 0.0884 e. The van der Waals surface area contributed by atoms with Crippen LogP contribution in [0.2, 0.25) is 5.02 Å². The average Bonchev–Trinajstić information content (AvgIpc) is 2.29. The lowest BCUT2D eigenvalue weighted by molar-refractivity contribution is 0.182. The van der Waals surface area contributed by atoms with E-state index in [0.717, 1.165) is 22.3 Å². The Balaban J connectivity index is 2.56. The lowest BCUT2D eigenvalue weighted by Gasteiger charge is -2.13. The normalized spacial score (nSPS) is 10.8. The van der Waals surface area contributed by atoms with Crippen LogP contribution < -0.4 is 4.90 Å². The molecule has 0 aliphatic rings. The Morgan fingerprint density at radius 3 is 2.71 bits per heavy atom. The van der Waals surface area contributed by atoms with E-state index in [1.54, 1.807) is 7.11 Å². The summed E-state index contributed by atoms with van der Waals surface area (Å²) < 4.78 is 5.06. The van der Waals surface area contributed by atoms with Crippen molar-refractivity contribution < 1.29 is 4.74 Å². The van der Waals surface area contributed by atoms with E-state index in [1.807, 2.05) is 43.3 Å². The van der Waals surface area contributed by atoms with Gasteiger partial charge in [-0.05, 0) is 24.3 Å². The molecule has 0 aliphatic carbocycles. The van der Waals surface area contributed by atoms with Crippen LogP contribution in [-0.4, -0.2) is 26.2 Å². The van der Waals surface area contributed by atoms with Crippen LogP contribution in [-0.2, 0) is 11.3 Å². The van der Waals surface area contributed by atoms with Crippen LogP contribution in [0.25, 0.3) is 10.9 Å². The summed E-state index contributed by atoms with van der Waals surface area (Å²) in [6.07, 6.45) is 0. The SMILES string of the molecule is COCc1cc(Cl)c2cc(N(C)C)ccc2n1. The van der Waals surface area contributed by atoms with E-state index in [1.165, 1.54) is 0 Å². The molecule has 1 heterocycles. The van der Waals surface area contributed by atoms with E-state index >= 15 is 0 Å². The quantitative estimate of drug-likeness (QED) is 0.837. The fourth-order valence-electron chi connectivity index (χ4n) is 1.72. The molecular formula is C13H15ClN2O. The van der Waals surface area contributed by atoms with Gasteiger partial charge in [-0.25, -0.2) is 0 Å². The van der Waals surface area contributed by atoms with Gasteiger partial charge in [0.25, 0.3) is 0 Å². The summed E-state index contributed by atoms with van der Waals surface area (Å²) in [7, 11) is 5.65. The first-order valence-electron chi connectivity index (χ1n) is 5.37. The summed E-state index contributed by atoms with van der Waals surface area (Å²) in [5.74, 6) is 0. The number of nitrogens with zero attached hydrogens (tertiary/aromatic N) is 2. The third kappa shape index (κ3) is 2.51. The van der Waals surface area contributed by atoms with Crippen LogP contribution in [0.1, 0.15) is 5.69 Å². The number of benzene rings is 1. The lowest BCUT2D eigenvalue weighted by Crippen LogP contribution is -2.08. The van der Waals surface area contributed by atoms with Gasteiger partial charge in [-0.3, -0.25) is 4.98 Å². The van der Waals surface area contributed by atoms with Crippen molar-refractivity contribution in [2.45, 2.75) is 6.61 Å². The predicted octanol–water partition coefficient (Wildman–Crippen LogP) is 3.10. The fourth-order valence-corrected chi connectivity index (χ4v) is 2.00. The Bertz CT molecular complexity index is 540. The minimum absolute atomic E-state index is 0.477. The summed E-state index contributed by atoms with van der Waals surface area (Å²) in [6.45, 7) is 0.477. The first-order valence-corrected chi connectivity index (χ1v) is 5.75. The Labute approximate surface area is 106 Å². The number of aromatic nitrogens is 1. The molecule has 2 rings (SSSR count). The summed E-state index contributed by atoms with van der Waals surface area (Å²) in [5, 5.41) is 1.68. The number of anilines is 1. The maximum atomic E-state index is 6.26. The first-order chi connectivity index (χ1) is 8.11. The lowest BCUT2D eigenvalue weighted by atomic mass is 10.1. The zero-order valence-electron chi connectivity index (χ0n) is 10.2. The molecule has 17 heavy (non-hydrogen) atoms. The van der Waals surface area contributed by atoms with Crippen molar-refractivity contribution in [3.63, 3.8) is 0 Å². The van der Waals surface area contributed by atoms with E-state index in [-0.39, 0.29) is 0 Å². The molecule has 0 radical (unpaired) electrons. The van der Waals surface area contributed by atoms with Crippen molar-refractivity contribution in [2.24, 2.45) is 0 Å². The fraction of sp³-hybridized carbons (Fsp3) is 0.308. The van der Waals surface area contributed by atoms with Crippen molar-refractivity contribution in [3.05, 3.63) is 35.0 Å². The van der Waals surface area contributed by atoms with Gasteiger partial charge in [0.1, 0.15) is 0 Å². The first kappa shape index (κ1) is 12.1. The largest absolute Gasteiger partial charge is 0.378 e. The van der Waals surface area contributed by atoms with Gasteiger partial charge in [-0.1, -0.05) is 11.6 Å². The molecule has 0 fully saturated rings. The van der Waals surface area contributed by atoms with Gasteiger partial charge in [-0.2, -0.15) is 0 Å². The molecule has 0 unspecified atom stereocenters. The predicted molar refractivity (Wildman–Crippen MR) is 71.8 cm³/mol. The molecule has 0 aliphatic heterocycles. The van der Waals surface area contributed by atoms with Crippen molar-refractivity contribution >= 4 is 28.2 Å². The van der Waals surface area contributed by atoms with E-state index in [0.29, 0.717) is 11.6 Å². The Morgan fingerprint density at radius 2 is 2.06 bits per heavy atom. The number of fused-ring (bicyclic) bond motifs is 1. The molecule has 2 aromatic rings. The van der Waals surface area contributed by atoms with Crippen molar-refractivity contribution in [3.8, 4) is 0 Å². The maximum absolute atomic E-state index is 6.26.